The van der Waals surface area contributed by atoms with Crippen LogP contribution in [0.3, 0.4) is 0 Å². The number of anilines is 1. The van der Waals surface area contributed by atoms with Gasteiger partial charge in [-0.1, -0.05) is 42.5 Å². The highest BCUT2D eigenvalue weighted by atomic mass is 127. The quantitative estimate of drug-likeness (QED) is 0.00756. The second-order valence-electron chi connectivity index (χ2n) is 40.7. The first-order valence-electron chi connectivity index (χ1n) is 48.9. The summed E-state index contributed by atoms with van der Waals surface area (Å²) in [6.07, 6.45) is 14.1. The summed E-state index contributed by atoms with van der Waals surface area (Å²) < 4.78 is 91.3. The van der Waals surface area contributed by atoms with Crippen LogP contribution < -0.4 is 11.1 Å². The van der Waals surface area contributed by atoms with Crippen molar-refractivity contribution < 1.29 is 79.3 Å². The predicted molar refractivity (Wildman–Crippen MR) is 599 cm³/mol. The van der Waals surface area contributed by atoms with Crippen molar-refractivity contribution in [1.29, 1.82) is 10.8 Å². The van der Waals surface area contributed by atoms with Gasteiger partial charge in [-0.3, -0.25) is 54.6 Å². The maximum atomic E-state index is 14.5. The van der Waals surface area contributed by atoms with Crippen LogP contribution in [-0.2, 0) is 34.6 Å². The molecule has 33 nitrogen and oxygen atoms in total. The Balaban J connectivity index is 0.000000174. The van der Waals surface area contributed by atoms with E-state index in [0.29, 0.717) is 128 Å². The van der Waals surface area contributed by atoms with Gasteiger partial charge < -0.3 is 80.1 Å². The van der Waals surface area contributed by atoms with Gasteiger partial charge in [-0.15, -0.1) is 46.7 Å². The fraction of sp³-hybridized carbons (Fsp3) is 0.398. The van der Waals surface area contributed by atoms with Crippen LogP contribution in [-0.4, -0.2) is 279 Å². The number of ether oxygens (including phenoxy) is 3. The Hall–Kier alpha value is -13.4. The van der Waals surface area contributed by atoms with Gasteiger partial charge in [0.1, 0.15) is 47.3 Å². The number of halogens is 6. The molecule has 7 aliphatic rings. The average Bonchev–Trinajstić information content (AvgIpc) is 1.64. The van der Waals surface area contributed by atoms with Crippen molar-refractivity contribution in [1.82, 2.24) is 59.6 Å². The number of rotatable bonds is 13. The highest BCUT2D eigenvalue weighted by molar-refractivity contribution is 14.0. The van der Waals surface area contributed by atoms with Gasteiger partial charge in [0, 0.05) is 282 Å². The SMILES string of the molecule is CC(=N)c1cccs1.CC(C)(C)OC(=O)N1CC=C(O[Si](C)(C)C)CC1.CC(C)(C)OC(=O)N1CCC(=O)C(F)C1.CC(C)(C)OC(=O)N1CCC(=O)CC1.CN1CC=C(c2c[nH]c3ccc(CC(=N)c4cccs4)cc23)C(F)C1.CN1CC=C(c2c[nH]c3ccc(N)cc23)C(F)C1.CN1CC=C(c2c[nH]c3ccc([N+](=O)[O-])cc23)C(F)C1.I.O=[N+]([O-])c1ccc2[nH]cc(C3=CCNCC3F)c2c1.O=[N+]([O-])c1ccc2[nH]ccc2c1. The van der Waals surface area contributed by atoms with Gasteiger partial charge in [0.15, 0.2) is 12.0 Å². The number of H-pyrrole nitrogens is 5. The average molecular weight is 2240 g/mol. The highest BCUT2D eigenvalue weighted by Crippen LogP contribution is 2.38. The molecule has 2 fully saturated rings. The normalized spacial score (nSPS) is 18.1. The Morgan fingerprint density at radius 1 is 0.473 bits per heavy atom. The third-order valence-electron chi connectivity index (χ3n) is 23.9. The Morgan fingerprint density at radius 3 is 1.29 bits per heavy atom. The number of likely N-dealkylation sites (N-methyl/N-ethyl adjacent to an activating group) is 3. The number of amides is 3. The molecule has 7 aliphatic heterocycles. The second-order valence-corrected chi connectivity index (χ2v) is 47.0. The van der Waals surface area contributed by atoms with Crippen LogP contribution in [0.4, 0.5) is 59.1 Å². The zero-order valence-electron chi connectivity index (χ0n) is 87.1. The van der Waals surface area contributed by atoms with Gasteiger partial charge >= 0.3 is 18.3 Å². The summed E-state index contributed by atoms with van der Waals surface area (Å²) >= 11 is 3.19. The van der Waals surface area contributed by atoms with Gasteiger partial charge in [0.05, 0.1) is 32.8 Å². The van der Waals surface area contributed by atoms with E-state index in [9.17, 15) is 76.3 Å². The molecule has 42 heteroatoms. The zero-order chi connectivity index (χ0) is 109. The lowest BCUT2D eigenvalue weighted by Gasteiger charge is -2.31. The van der Waals surface area contributed by atoms with Crippen molar-refractivity contribution in [3.8, 4) is 0 Å². The van der Waals surface area contributed by atoms with Gasteiger partial charge in [-0.05, 0) is 221 Å². The molecule has 10 N–H and O–H groups in total. The maximum Gasteiger partial charge on any atom is 0.410 e. The number of hydrogen-bond acceptors (Lipinski definition) is 24. The number of nitrogens with zero attached hydrogens (tertiary/aromatic N) is 9. The Labute approximate surface area is 893 Å². The van der Waals surface area contributed by atoms with Crippen LogP contribution in [0.2, 0.25) is 19.6 Å². The minimum Gasteiger partial charge on any atom is -0.547 e. The van der Waals surface area contributed by atoms with Crippen molar-refractivity contribution in [3.05, 3.63) is 267 Å². The number of benzene rings is 5. The van der Waals surface area contributed by atoms with Crippen molar-refractivity contribution in [3.63, 3.8) is 0 Å². The molecular weight excluding hydrogens is 2100 g/mol. The summed E-state index contributed by atoms with van der Waals surface area (Å²) in [5.41, 5.74) is 18.0. The molecule has 12 aromatic rings. The van der Waals surface area contributed by atoms with E-state index in [1.165, 1.54) is 35.2 Å². The second kappa shape index (κ2) is 53.4. The number of alkyl halides is 5. The molecule has 0 bridgehead atoms. The monoisotopic (exact) mass is 2240 g/mol. The Bertz CT molecular complexity index is 6900. The van der Waals surface area contributed by atoms with E-state index in [-0.39, 0.29) is 85.1 Å². The zero-order valence-corrected chi connectivity index (χ0v) is 92.1. The molecular formula is C108H134F5IN18O15S2Si. The van der Waals surface area contributed by atoms with Crippen LogP contribution in [0.1, 0.15) is 132 Å². The molecule has 14 heterocycles. The number of Topliss-reactive ketones (excluding diaryl/α,β-unsaturated/α-hetero) is 2. The van der Waals surface area contributed by atoms with Gasteiger partial charge in [0.25, 0.3) is 17.1 Å². The van der Waals surface area contributed by atoms with Crippen molar-refractivity contribution >= 4 is 196 Å². The molecule has 150 heavy (non-hydrogen) atoms. The largest absolute Gasteiger partial charge is 0.547 e. The summed E-state index contributed by atoms with van der Waals surface area (Å²) in [6.45, 7) is 31.3. The standard InChI is InChI=1S/C20H20FN3S.C14H14FN3O2.C14H16FN3.C13H12FN3O2.C13H25NO3Si.C10H16FNO3.C10H17NO3.C8H6N2O2.C6H7NS.HI/c1-24-7-6-14(17(21)12-24)16-11-23-19-5-4-13(9-15(16)19)10-18(22)20-3-2-8-25-20;1-17-5-4-10(13(15)8-17)12-7-16-14-3-2-9(18(19)20)6-11(12)14;1-18-5-4-10(13(15)8-18)12-7-17-14-3-2-9(16)6-11(12)14;14-12-7-15-4-3-9(12)11-6-16-13-2-1-8(17(18)19)5-10(11)13;1-13(2,3)16-12(15)14-9-7-11(8-10-14)17-18(4,5)6;1-10(2,3)15-9(14)12-5-4-8(13)7(11)6-12;1-10(2,3)14-9(13)11-6-4-8(12)5-7-11;11-10(12)7-1-2-8-6(5-7)3-4-9-8;1-5(7)6-3-2-4-8-6;/h2-6,8-9,11,17,22-23H,7,10,12H2,1H3;2-4,6-7,13,16H,5,8H2,1H3;2-4,6-7,13,17H,5,8,16H2,1H3;1-3,5-6,12,15-16H,4,7H2;7H,8-10H2,1-6H3;7H,4-6H2,1-3H3;4-7H2,1-3H3;1-5,9H;2-4,7H,1H3;1H. The molecule has 5 unspecified atom stereocenters. The molecule has 0 radical (unpaired) electrons. The van der Waals surface area contributed by atoms with Crippen molar-refractivity contribution in [2.75, 3.05) is 119 Å². The third-order valence-corrected chi connectivity index (χ3v) is 26.7. The number of likely N-dealkylation sites (tertiary alicyclic amines) is 2. The highest BCUT2D eigenvalue weighted by Gasteiger charge is 2.35. The van der Waals surface area contributed by atoms with E-state index in [1.54, 1.807) is 109 Å². The number of nitrogen functional groups attached to an aromatic ring is 1. The smallest absolute Gasteiger partial charge is 0.410 e. The molecule has 0 saturated carbocycles. The van der Waals surface area contributed by atoms with E-state index < -0.39 is 82.6 Å². The number of nitrogens with two attached hydrogens (primary N) is 1. The molecule has 5 atom stereocenters. The van der Waals surface area contributed by atoms with Crippen molar-refractivity contribution in [2.24, 2.45) is 0 Å². The van der Waals surface area contributed by atoms with E-state index in [1.807, 2.05) is 186 Å². The molecule has 5 aromatic carbocycles. The van der Waals surface area contributed by atoms with E-state index >= 15 is 0 Å². The summed E-state index contributed by atoms with van der Waals surface area (Å²) in [5, 5.41) is 58.7. The number of aromatic nitrogens is 5. The number of ketones is 2. The van der Waals surface area contributed by atoms with Crippen LogP contribution in [0.15, 0.2) is 199 Å². The first kappa shape index (κ1) is 119. The number of carbonyl (C=O) groups excluding carboxylic acids is 5. The number of nitrogens with one attached hydrogen (secondary N) is 8. The number of hydrogen-bond donors (Lipinski definition) is 9. The van der Waals surface area contributed by atoms with Gasteiger partial charge in [0.2, 0.25) is 8.32 Å². The number of fused-ring (bicyclic) bond motifs is 5. The summed E-state index contributed by atoms with van der Waals surface area (Å²) in [5.74, 6) is 0.814. The first-order valence-corrected chi connectivity index (χ1v) is 54.0. The number of piperidine rings is 2. The number of non-ortho nitro benzene ring substituents is 3. The van der Waals surface area contributed by atoms with E-state index in [4.69, 9.17) is 35.2 Å². The fourth-order valence-corrected chi connectivity index (χ4v) is 18.9. The first-order chi connectivity index (χ1) is 70.3. The number of thiophene rings is 2. The van der Waals surface area contributed by atoms with Crippen LogP contribution in [0.5, 0.6) is 0 Å². The van der Waals surface area contributed by atoms with E-state index in [2.05, 4.69) is 55.9 Å². The lowest BCUT2D eigenvalue weighted by Crippen LogP contribution is -2.47. The number of carbonyl (C=O) groups is 5. The maximum absolute atomic E-state index is 14.5. The third kappa shape index (κ3) is 34.9. The Morgan fingerprint density at radius 2 is 0.880 bits per heavy atom. The topological polar surface area (TPSA) is 436 Å². The summed E-state index contributed by atoms with van der Waals surface area (Å²) in [7, 11) is 4.18. The molecule has 0 spiro atoms. The lowest BCUT2D eigenvalue weighted by atomic mass is 9.96. The molecule has 19 rings (SSSR count). The van der Waals surface area contributed by atoms with Crippen molar-refractivity contribution in [2.45, 2.75) is 169 Å². The molecule has 3 amide bonds. The molecule has 0 aliphatic carbocycles. The van der Waals surface area contributed by atoms with Gasteiger partial charge in [-0.2, -0.15) is 0 Å². The van der Waals surface area contributed by atoms with E-state index in [0.717, 1.165) is 107 Å². The number of nitro benzene ring substituents is 3. The van der Waals surface area contributed by atoms with Crippen LogP contribution in [0.25, 0.3) is 76.8 Å². The van der Waals surface area contributed by atoms with Gasteiger partial charge in [-0.25, -0.2) is 36.3 Å². The predicted octanol–water partition coefficient (Wildman–Crippen LogP) is 23.4. The Kier molecular flexibility index (Phi) is 42.2. The summed E-state index contributed by atoms with van der Waals surface area (Å²) in [4.78, 5) is 115. The number of nitro groups is 3. The fourth-order valence-electron chi connectivity index (χ4n) is 16.6. The number of aromatic amines is 5. The molecule has 7 aromatic heterocycles. The molecule has 2 saturated heterocycles. The van der Waals surface area contributed by atoms with Crippen LogP contribution in [0, 0.1) is 41.2 Å². The van der Waals surface area contributed by atoms with Crippen LogP contribution >= 0.6 is 46.7 Å². The molecule has 804 valence electrons. The minimum atomic E-state index is -1.56. The lowest BCUT2D eigenvalue weighted by molar-refractivity contribution is -0.384. The summed E-state index contributed by atoms with van der Waals surface area (Å²) in [6, 6.07) is 35.4. The minimum absolute atomic E-state index is 0.